The third-order valence-electron chi connectivity index (χ3n) is 5.64. The first-order valence-electron chi connectivity index (χ1n) is 9.38. The first-order valence-corrected chi connectivity index (χ1v) is 11.0. The quantitative estimate of drug-likeness (QED) is 0.577. The van der Waals surface area contributed by atoms with Gasteiger partial charge in [-0.2, -0.15) is 5.26 Å². The second-order valence-electron chi connectivity index (χ2n) is 7.31. The van der Waals surface area contributed by atoms with E-state index in [0.717, 1.165) is 47.4 Å². The number of benzene rings is 2. The Labute approximate surface area is 182 Å². The van der Waals surface area contributed by atoms with Crippen LogP contribution in [0.2, 0.25) is 10.0 Å². The number of nitrogens with one attached hydrogen (secondary N) is 1. The molecule has 0 aliphatic carbocycles. The maximum Gasteiger partial charge on any atom is 0.143 e. The lowest BCUT2D eigenvalue weighted by Crippen LogP contribution is -2.52. The van der Waals surface area contributed by atoms with E-state index >= 15 is 0 Å². The molecular weight excluding hydrogens is 427 g/mol. The van der Waals surface area contributed by atoms with Gasteiger partial charge in [-0.25, -0.2) is 0 Å². The number of nitrogens with two attached hydrogens (primary N) is 1. The summed E-state index contributed by atoms with van der Waals surface area (Å²) in [4.78, 5) is 2.41. The second-order valence-corrected chi connectivity index (χ2v) is 9.18. The molecule has 3 heterocycles. The van der Waals surface area contributed by atoms with Gasteiger partial charge in [0.25, 0.3) is 0 Å². The van der Waals surface area contributed by atoms with Gasteiger partial charge in [0.1, 0.15) is 23.4 Å². The lowest BCUT2D eigenvalue weighted by molar-refractivity contribution is 0.120. The smallest absolute Gasteiger partial charge is 0.143 e. The summed E-state index contributed by atoms with van der Waals surface area (Å²) in [6, 6.07) is 10.3. The number of halogens is 2. The van der Waals surface area contributed by atoms with Crippen molar-refractivity contribution in [3.8, 4) is 22.9 Å². The van der Waals surface area contributed by atoms with Crippen LogP contribution in [0.4, 0.5) is 5.00 Å². The lowest BCUT2D eigenvalue weighted by Gasteiger charge is -2.33. The Bertz CT molecular complexity index is 1170. The van der Waals surface area contributed by atoms with Crippen molar-refractivity contribution in [3.05, 3.63) is 45.4 Å². The van der Waals surface area contributed by atoms with E-state index in [-0.39, 0.29) is 0 Å². The molecule has 0 spiro atoms. The monoisotopic (exact) mass is 444 g/mol. The normalized spacial score (nSPS) is 19.1. The Morgan fingerprint density at radius 2 is 2.21 bits per heavy atom. The van der Waals surface area contributed by atoms with E-state index in [9.17, 15) is 5.26 Å². The number of thiophene rings is 1. The molecule has 1 aromatic heterocycles. The van der Waals surface area contributed by atoms with Crippen molar-refractivity contribution in [2.75, 3.05) is 32.0 Å². The minimum atomic E-state index is 0.305. The molecule has 0 unspecified atom stereocenters. The fourth-order valence-electron chi connectivity index (χ4n) is 4.23. The van der Waals surface area contributed by atoms with Crippen molar-refractivity contribution in [2.45, 2.75) is 12.6 Å². The highest BCUT2D eigenvalue weighted by atomic mass is 35.5. The number of rotatable bonds is 1. The summed E-state index contributed by atoms with van der Waals surface area (Å²) in [5, 5.41) is 15.4. The number of hydrogen-bond acceptors (Lipinski definition) is 6. The van der Waals surface area contributed by atoms with Crippen LogP contribution in [-0.4, -0.2) is 37.2 Å². The van der Waals surface area contributed by atoms with Gasteiger partial charge in [-0.05, 0) is 17.7 Å². The summed E-state index contributed by atoms with van der Waals surface area (Å²) >= 11 is 15.0. The predicted molar refractivity (Wildman–Crippen MR) is 119 cm³/mol. The Morgan fingerprint density at radius 3 is 3.03 bits per heavy atom. The molecule has 148 valence electrons. The van der Waals surface area contributed by atoms with Crippen LogP contribution >= 0.6 is 34.5 Å². The van der Waals surface area contributed by atoms with Crippen LogP contribution in [-0.2, 0) is 6.54 Å². The minimum Gasteiger partial charge on any atom is -0.490 e. The molecule has 3 aromatic rings. The predicted octanol–water partition coefficient (Wildman–Crippen LogP) is 4.50. The third kappa shape index (κ3) is 3.05. The van der Waals surface area contributed by atoms with Gasteiger partial charge in [-0.15, -0.1) is 11.3 Å². The highest BCUT2D eigenvalue weighted by Gasteiger charge is 2.30. The molecule has 8 heteroatoms. The second kappa shape index (κ2) is 7.35. The molecule has 5 nitrogen and oxygen atoms in total. The molecule has 0 saturated carbocycles. The number of nitrogen functional groups attached to an aromatic ring is 1. The molecule has 2 aliphatic heterocycles. The summed E-state index contributed by atoms with van der Waals surface area (Å²) in [6.07, 6.45) is 0. The van der Waals surface area contributed by atoms with Crippen molar-refractivity contribution in [1.82, 2.24) is 10.2 Å². The molecule has 1 saturated heterocycles. The standard InChI is InChI=1S/C21H18Cl2N4OS/c22-15-6-11-9-27-5-4-26-8-12(27)10-28-20(11)19(23)18(15)13-2-1-3-16-17(13)14(7-24)21(25)29-16/h1-3,6,12,26H,4-5,8-10,25H2/t12-/m0/s1. The van der Waals surface area contributed by atoms with Crippen molar-refractivity contribution in [1.29, 1.82) is 5.26 Å². The lowest BCUT2D eigenvalue weighted by atomic mass is 9.97. The zero-order valence-electron chi connectivity index (χ0n) is 15.5. The summed E-state index contributed by atoms with van der Waals surface area (Å²) in [7, 11) is 0. The maximum atomic E-state index is 9.64. The van der Waals surface area contributed by atoms with Crippen LogP contribution in [0, 0.1) is 11.3 Å². The fourth-order valence-corrected chi connectivity index (χ4v) is 5.93. The van der Waals surface area contributed by atoms with E-state index in [2.05, 4.69) is 16.3 Å². The Kier molecular flexibility index (Phi) is 4.81. The molecule has 29 heavy (non-hydrogen) atoms. The molecule has 2 aromatic carbocycles. The van der Waals surface area contributed by atoms with Crippen molar-refractivity contribution >= 4 is 49.6 Å². The molecule has 1 fully saturated rings. The zero-order valence-corrected chi connectivity index (χ0v) is 17.8. The number of nitriles is 1. The third-order valence-corrected chi connectivity index (χ3v) is 7.28. The van der Waals surface area contributed by atoms with Gasteiger partial charge in [0.15, 0.2) is 0 Å². The molecule has 2 aliphatic rings. The van der Waals surface area contributed by atoms with Gasteiger partial charge in [0.2, 0.25) is 0 Å². The first kappa shape index (κ1) is 19.0. The van der Waals surface area contributed by atoms with Crippen LogP contribution in [0.5, 0.6) is 5.75 Å². The van der Waals surface area contributed by atoms with E-state index in [1.54, 1.807) is 0 Å². The molecule has 5 rings (SSSR count). The number of fused-ring (bicyclic) bond motifs is 3. The minimum absolute atomic E-state index is 0.305. The molecule has 0 amide bonds. The van der Waals surface area contributed by atoms with E-state index in [4.69, 9.17) is 33.7 Å². The van der Waals surface area contributed by atoms with Crippen LogP contribution in [0.3, 0.4) is 0 Å². The number of piperazine rings is 1. The van der Waals surface area contributed by atoms with Gasteiger partial charge < -0.3 is 15.8 Å². The van der Waals surface area contributed by atoms with Gasteiger partial charge in [-0.1, -0.05) is 35.3 Å². The van der Waals surface area contributed by atoms with Gasteiger partial charge in [0, 0.05) is 47.4 Å². The molecular formula is C21H18Cl2N4OS. The van der Waals surface area contributed by atoms with Crippen LogP contribution in [0.15, 0.2) is 24.3 Å². The largest absolute Gasteiger partial charge is 0.490 e. The number of ether oxygens (including phenoxy) is 1. The topological polar surface area (TPSA) is 74.3 Å². The number of anilines is 1. The van der Waals surface area contributed by atoms with E-state index in [1.807, 2.05) is 24.3 Å². The van der Waals surface area contributed by atoms with Gasteiger partial charge in [-0.3, -0.25) is 4.90 Å². The summed E-state index contributed by atoms with van der Waals surface area (Å²) in [5.74, 6) is 0.680. The highest BCUT2D eigenvalue weighted by molar-refractivity contribution is 7.23. The van der Waals surface area contributed by atoms with E-state index < -0.39 is 0 Å². The number of nitrogens with zero attached hydrogens (tertiary/aromatic N) is 2. The molecule has 0 bridgehead atoms. The maximum absolute atomic E-state index is 9.64. The molecule has 3 N–H and O–H groups in total. The average Bonchev–Trinajstić information content (AvgIpc) is 2.92. The van der Waals surface area contributed by atoms with Crippen LogP contribution in [0.1, 0.15) is 11.1 Å². The average molecular weight is 445 g/mol. The van der Waals surface area contributed by atoms with Gasteiger partial charge in [0.05, 0.1) is 21.7 Å². The van der Waals surface area contributed by atoms with E-state index in [0.29, 0.717) is 44.6 Å². The number of hydrogen-bond donors (Lipinski definition) is 2. The molecule has 1 atom stereocenters. The van der Waals surface area contributed by atoms with E-state index in [1.165, 1.54) is 11.3 Å². The summed E-state index contributed by atoms with van der Waals surface area (Å²) in [5.41, 5.74) is 9.02. The van der Waals surface area contributed by atoms with Crippen molar-refractivity contribution in [2.24, 2.45) is 0 Å². The molecule has 0 radical (unpaired) electrons. The summed E-state index contributed by atoms with van der Waals surface area (Å²) < 4.78 is 7.11. The Balaban J connectivity index is 1.70. The Morgan fingerprint density at radius 1 is 1.34 bits per heavy atom. The Hall–Kier alpha value is -2.01. The van der Waals surface area contributed by atoms with Crippen molar-refractivity contribution < 1.29 is 4.74 Å². The summed E-state index contributed by atoms with van der Waals surface area (Å²) in [6.45, 7) is 4.14. The highest BCUT2D eigenvalue weighted by Crippen LogP contribution is 2.48. The SMILES string of the molecule is N#Cc1c(N)sc2cccc(-c3c(Cl)cc4c(c3Cl)OC[C@@H]3CNCCN3C4)c12. The zero-order chi connectivity index (χ0) is 20.1. The van der Waals surface area contributed by atoms with Crippen molar-refractivity contribution in [3.63, 3.8) is 0 Å². The van der Waals surface area contributed by atoms with Crippen LogP contribution < -0.4 is 15.8 Å². The first-order chi connectivity index (χ1) is 14.1. The fraction of sp³-hybridized carbons (Fsp3) is 0.286. The van der Waals surface area contributed by atoms with Gasteiger partial charge >= 0.3 is 0 Å². The van der Waals surface area contributed by atoms with Crippen LogP contribution in [0.25, 0.3) is 21.2 Å².